The second-order valence-electron chi connectivity index (χ2n) is 8.63. The lowest BCUT2D eigenvalue weighted by Gasteiger charge is -2.28. The van der Waals surface area contributed by atoms with Crippen LogP contribution in [-0.4, -0.2) is 31.7 Å². The van der Waals surface area contributed by atoms with Gasteiger partial charge in [0.05, 0.1) is 27.2 Å². The van der Waals surface area contributed by atoms with Crippen molar-refractivity contribution in [3.63, 3.8) is 0 Å². The van der Waals surface area contributed by atoms with Crippen LogP contribution in [0.3, 0.4) is 0 Å². The predicted molar refractivity (Wildman–Crippen MR) is 112 cm³/mol. The molecular formula is C23H50ClN. The first kappa shape index (κ1) is 27.5. The number of hydrogen-bond acceptors (Lipinski definition) is 0. The molecule has 0 heterocycles. The predicted octanol–water partition coefficient (Wildman–Crippen LogP) is 4.74. The Bertz CT molecular complexity index is 240. The monoisotopic (exact) mass is 375 g/mol. The molecule has 2 heteroatoms. The zero-order chi connectivity index (χ0) is 17.9. The van der Waals surface area contributed by atoms with Crippen molar-refractivity contribution >= 4 is 0 Å². The van der Waals surface area contributed by atoms with Gasteiger partial charge in [0.1, 0.15) is 0 Å². The van der Waals surface area contributed by atoms with Gasteiger partial charge in [0.25, 0.3) is 0 Å². The summed E-state index contributed by atoms with van der Waals surface area (Å²) in [5.41, 5.74) is 0. The first-order valence-corrected chi connectivity index (χ1v) is 11.4. The van der Waals surface area contributed by atoms with Crippen LogP contribution in [0.1, 0.15) is 123 Å². The van der Waals surface area contributed by atoms with Gasteiger partial charge in [0.2, 0.25) is 0 Å². The van der Waals surface area contributed by atoms with Crippen LogP contribution >= 0.6 is 0 Å². The Balaban J connectivity index is 0. The molecule has 0 aromatic heterocycles. The third-order valence-electron chi connectivity index (χ3n) is 5.72. The molecule has 0 rings (SSSR count). The summed E-state index contributed by atoms with van der Waals surface area (Å²) in [5, 5.41) is 0. The van der Waals surface area contributed by atoms with Crippen LogP contribution in [0.15, 0.2) is 0 Å². The number of halogens is 1. The highest BCUT2D eigenvalue weighted by molar-refractivity contribution is 4.50. The normalized spacial score (nSPS) is 11.5. The van der Waals surface area contributed by atoms with Crippen molar-refractivity contribution in [2.45, 2.75) is 123 Å². The molecule has 0 unspecified atom stereocenters. The van der Waals surface area contributed by atoms with Crippen molar-refractivity contribution in [3.05, 3.63) is 0 Å². The lowest BCUT2D eigenvalue weighted by molar-refractivity contribution is -0.888. The molecule has 0 aliphatic carbocycles. The maximum absolute atomic E-state index is 2.35. The topological polar surface area (TPSA) is 0 Å². The van der Waals surface area contributed by atoms with Crippen LogP contribution in [0.4, 0.5) is 0 Å². The zero-order valence-electron chi connectivity index (χ0n) is 18.3. The van der Waals surface area contributed by atoms with Crippen molar-refractivity contribution < 1.29 is 16.9 Å². The second kappa shape index (κ2) is 20.6. The fraction of sp³-hybridized carbons (Fsp3) is 1.00. The van der Waals surface area contributed by atoms with Gasteiger partial charge in [-0.2, -0.15) is 0 Å². The van der Waals surface area contributed by atoms with Gasteiger partial charge in [0.15, 0.2) is 0 Å². The highest BCUT2D eigenvalue weighted by atomic mass is 35.5. The Morgan fingerprint density at radius 3 is 1.00 bits per heavy atom. The van der Waals surface area contributed by atoms with Gasteiger partial charge in [0, 0.05) is 0 Å². The maximum Gasteiger partial charge on any atom is 0.0782 e. The van der Waals surface area contributed by atoms with Crippen molar-refractivity contribution in [1.29, 1.82) is 0 Å². The van der Waals surface area contributed by atoms with E-state index < -0.39 is 0 Å². The molecule has 0 aliphatic heterocycles. The molecule has 0 spiro atoms. The molecule has 25 heavy (non-hydrogen) atoms. The van der Waals surface area contributed by atoms with Crippen LogP contribution < -0.4 is 12.4 Å². The van der Waals surface area contributed by atoms with E-state index in [4.69, 9.17) is 0 Å². The van der Waals surface area contributed by atoms with Gasteiger partial charge in [-0.15, -0.1) is 0 Å². The quantitative estimate of drug-likeness (QED) is 0.226. The van der Waals surface area contributed by atoms with E-state index in [-0.39, 0.29) is 12.4 Å². The zero-order valence-corrected chi connectivity index (χ0v) is 19.0. The van der Waals surface area contributed by atoms with E-state index in [0.717, 1.165) is 0 Å². The van der Waals surface area contributed by atoms with Gasteiger partial charge in [-0.3, -0.25) is 0 Å². The first-order valence-electron chi connectivity index (χ1n) is 11.4. The molecule has 0 aromatic rings. The smallest absolute Gasteiger partial charge is 0.0782 e. The fourth-order valence-corrected chi connectivity index (χ4v) is 3.42. The molecular weight excluding hydrogens is 326 g/mol. The lowest BCUT2D eigenvalue weighted by atomic mass is 10.0. The van der Waals surface area contributed by atoms with E-state index in [1.54, 1.807) is 0 Å². The Kier molecular flexibility index (Phi) is 22.6. The van der Waals surface area contributed by atoms with Gasteiger partial charge >= 0.3 is 0 Å². The van der Waals surface area contributed by atoms with E-state index in [1.165, 1.54) is 127 Å². The number of rotatable bonds is 19. The number of nitrogens with zero attached hydrogens (tertiary/aromatic N) is 1. The van der Waals surface area contributed by atoms with Crippen molar-refractivity contribution in [1.82, 2.24) is 0 Å². The van der Waals surface area contributed by atoms with Gasteiger partial charge < -0.3 is 16.9 Å². The third-order valence-corrected chi connectivity index (χ3v) is 5.72. The summed E-state index contributed by atoms with van der Waals surface area (Å²) in [6.07, 6.45) is 24.9. The maximum atomic E-state index is 2.35. The Labute approximate surface area is 167 Å². The fourth-order valence-electron chi connectivity index (χ4n) is 3.42. The Morgan fingerprint density at radius 1 is 0.440 bits per heavy atom. The van der Waals surface area contributed by atoms with Crippen molar-refractivity contribution in [3.8, 4) is 0 Å². The minimum absolute atomic E-state index is 0. The molecule has 0 aromatic carbocycles. The van der Waals surface area contributed by atoms with E-state index >= 15 is 0 Å². The summed E-state index contributed by atoms with van der Waals surface area (Å²) in [7, 11) is 4.71. The van der Waals surface area contributed by atoms with E-state index in [0.29, 0.717) is 0 Å². The SMILES string of the molecule is CCCCCCCCCCCCCCCCCCC[N+](C)(C)CC.[Cl-]. The molecule has 0 fully saturated rings. The molecule has 0 bridgehead atoms. The van der Waals surface area contributed by atoms with E-state index in [1.807, 2.05) is 0 Å². The van der Waals surface area contributed by atoms with Gasteiger partial charge in [-0.05, 0) is 19.8 Å². The van der Waals surface area contributed by atoms with E-state index in [9.17, 15) is 0 Å². The summed E-state index contributed by atoms with van der Waals surface area (Å²) in [5.74, 6) is 0. The average Bonchev–Trinajstić information content (AvgIpc) is 2.57. The Hall–Kier alpha value is 0.250. The largest absolute Gasteiger partial charge is 1.00 e. The average molecular weight is 376 g/mol. The second-order valence-corrected chi connectivity index (χ2v) is 8.63. The molecule has 0 aliphatic rings. The highest BCUT2D eigenvalue weighted by Gasteiger charge is 2.09. The molecule has 0 N–H and O–H groups in total. The number of unbranched alkanes of at least 4 members (excludes halogenated alkanes) is 16. The third kappa shape index (κ3) is 22.2. The van der Waals surface area contributed by atoms with E-state index in [2.05, 4.69) is 27.9 Å². The molecule has 154 valence electrons. The molecule has 0 saturated heterocycles. The van der Waals surface area contributed by atoms with Crippen LogP contribution in [0.25, 0.3) is 0 Å². The van der Waals surface area contributed by atoms with Crippen molar-refractivity contribution in [2.75, 3.05) is 27.2 Å². The van der Waals surface area contributed by atoms with Gasteiger partial charge in [-0.25, -0.2) is 0 Å². The molecule has 0 radical (unpaired) electrons. The van der Waals surface area contributed by atoms with Gasteiger partial charge in [-0.1, -0.05) is 103 Å². The standard InChI is InChI=1S/C23H50N.ClH/c1-5-7-8-9-10-11-12-13-14-15-16-17-18-19-20-21-22-23-24(3,4)6-2;/h5-23H2,1-4H3;1H/q+1;/p-1. The van der Waals surface area contributed by atoms with Crippen LogP contribution in [0.2, 0.25) is 0 Å². The summed E-state index contributed by atoms with van der Waals surface area (Å²) < 4.78 is 1.19. The number of quaternary nitrogens is 1. The minimum Gasteiger partial charge on any atom is -1.00 e. The van der Waals surface area contributed by atoms with Crippen LogP contribution in [0.5, 0.6) is 0 Å². The summed E-state index contributed by atoms with van der Waals surface area (Å²) in [6, 6.07) is 0. The summed E-state index contributed by atoms with van der Waals surface area (Å²) in [4.78, 5) is 0. The minimum atomic E-state index is 0. The van der Waals surface area contributed by atoms with Crippen LogP contribution in [-0.2, 0) is 0 Å². The molecule has 1 nitrogen and oxygen atoms in total. The summed E-state index contributed by atoms with van der Waals surface area (Å²) in [6.45, 7) is 7.22. The summed E-state index contributed by atoms with van der Waals surface area (Å²) >= 11 is 0. The molecule has 0 amide bonds. The lowest BCUT2D eigenvalue weighted by Crippen LogP contribution is -3.00. The Morgan fingerprint density at radius 2 is 0.720 bits per heavy atom. The number of hydrogen-bond donors (Lipinski definition) is 0. The van der Waals surface area contributed by atoms with Crippen molar-refractivity contribution in [2.24, 2.45) is 0 Å². The first-order chi connectivity index (χ1) is 11.6. The molecule has 0 saturated carbocycles. The highest BCUT2D eigenvalue weighted by Crippen LogP contribution is 2.14. The molecule has 0 atom stereocenters. The van der Waals surface area contributed by atoms with Crippen LogP contribution in [0, 0.1) is 0 Å².